The lowest BCUT2D eigenvalue weighted by Crippen LogP contribution is -2.51. The maximum absolute atomic E-state index is 9.94. The van der Waals surface area contributed by atoms with Crippen LogP contribution in [0.4, 0.5) is 5.82 Å². The van der Waals surface area contributed by atoms with Crippen LogP contribution >= 0.6 is 0 Å². The van der Waals surface area contributed by atoms with Crippen LogP contribution in [-0.2, 0) is 11.3 Å². The molecule has 4 heterocycles. The first-order valence-electron chi connectivity index (χ1n) is 10.2. The zero-order valence-corrected chi connectivity index (χ0v) is 17.6. The quantitative estimate of drug-likeness (QED) is 0.658. The van der Waals surface area contributed by atoms with E-state index in [1.165, 1.54) is 0 Å². The van der Waals surface area contributed by atoms with Crippen molar-refractivity contribution in [1.29, 1.82) is 0 Å². The van der Waals surface area contributed by atoms with E-state index in [4.69, 9.17) is 15.5 Å². The molecule has 0 bridgehead atoms. The number of aliphatic hydroxyl groups excluding tert-OH is 1. The highest BCUT2D eigenvalue weighted by Crippen LogP contribution is 2.42. The number of rotatable bonds is 2. The number of hydrogen-bond acceptors (Lipinski definition) is 7. The predicted molar refractivity (Wildman–Crippen MR) is 111 cm³/mol. The number of ether oxygens (including phenoxy) is 1. The molecule has 29 heavy (non-hydrogen) atoms. The van der Waals surface area contributed by atoms with Crippen molar-refractivity contribution >= 4 is 17.0 Å². The molecule has 2 saturated heterocycles. The highest BCUT2D eigenvalue weighted by molar-refractivity contribution is 5.78. The van der Waals surface area contributed by atoms with Crippen molar-refractivity contribution in [1.82, 2.24) is 20.2 Å². The Morgan fingerprint density at radius 1 is 1.31 bits per heavy atom. The maximum atomic E-state index is 9.94. The average molecular weight is 399 g/mol. The minimum Gasteiger partial charge on any atom is -0.390 e. The molecule has 2 fully saturated rings. The molecule has 2 aromatic heterocycles. The number of fused-ring (bicyclic) bond motifs is 1. The smallest absolute Gasteiger partial charge is 0.202 e. The summed E-state index contributed by atoms with van der Waals surface area (Å²) in [6, 6.07) is 0.0609. The van der Waals surface area contributed by atoms with Gasteiger partial charge in [0, 0.05) is 30.0 Å². The van der Waals surface area contributed by atoms with Crippen molar-refractivity contribution in [3.05, 3.63) is 11.4 Å². The summed E-state index contributed by atoms with van der Waals surface area (Å²) in [6.45, 7) is 10.3. The molecule has 4 rings (SSSR count). The van der Waals surface area contributed by atoms with Crippen LogP contribution in [-0.4, -0.2) is 57.1 Å². The maximum Gasteiger partial charge on any atom is 0.202 e. The normalized spacial score (nSPS) is 24.1. The largest absolute Gasteiger partial charge is 0.390 e. The van der Waals surface area contributed by atoms with Gasteiger partial charge in [0.2, 0.25) is 5.65 Å². The molecule has 8 heteroatoms. The van der Waals surface area contributed by atoms with Crippen LogP contribution in [0.2, 0.25) is 0 Å². The molecule has 0 aliphatic carbocycles. The third-order valence-electron chi connectivity index (χ3n) is 6.06. The van der Waals surface area contributed by atoms with E-state index >= 15 is 0 Å². The zero-order valence-electron chi connectivity index (χ0n) is 17.6. The second kappa shape index (κ2) is 7.24. The third-order valence-corrected chi connectivity index (χ3v) is 6.06. The van der Waals surface area contributed by atoms with Crippen LogP contribution in [0.25, 0.3) is 11.2 Å². The summed E-state index contributed by atoms with van der Waals surface area (Å²) >= 11 is 0. The number of aromatic nitrogens is 4. The number of anilines is 1. The van der Waals surface area contributed by atoms with Crippen LogP contribution in [0, 0.1) is 22.7 Å². The van der Waals surface area contributed by atoms with Gasteiger partial charge in [0.05, 0.1) is 19.3 Å². The summed E-state index contributed by atoms with van der Waals surface area (Å²) in [5, 5.41) is 17.2. The van der Waals surface area contributed by atoms with Gasteiger partial charge in [-0.2, -0.15) is 5.10 Å². The van der Waals surface area contributed by atoms with Gasteiger partial charge in [-0.1, -0.05) is 5.92 Å². The number of nitrogens with one attached hydrogen (secondary N) is 1. The van der Waals surface area contributed by atoms with Crippen molar-refractivity contribution in [2.75, 3.05) is 24.6 Å². The lowest BCUT2D eigenvalue weighted by Gasteiger charge is -2.41. The molecule has 4 N–H and O–H groups in total. The molecule has 8 nitrogen and oxygen atoms in total. The van der Waals surface area contributed by atoms with Crippen molar-refractivity contribution in [2.45, 2.75) is 59.3 Å². The number of H-pyrrole nitrogens is 1. The molecule has 0 unspecified atom stereocenters. The lowest BCUT2D eigenvalue weighted by molar-refractivity contribution is 0.0973. The molecular formula is C21H30N6O2. The van der Waals surface area contributed by atoms with E-state index < -0.39 is 0 Å². The molecule has 0 saturated carbocycles. The Morgan fingerprint density at radius 2 is 2.03 bits per heavy atom. The van der Waals surface area contributed by atoms with Crippen LogP contribution in [0.3, 0.4) is 0 Å². The Hall–Kier alpha value is -2.21. The number of hydrogen-bond donors (Lipinski definition) is 3. The van der Waals surface area contributed by atoms with Gasteiger partial charge in [0.15, 0.2) is 5.82 Å². The minimum atomic E-state index is -0.184. The monoisotopic (exact) mass is 398 g/mol. The second-order valence-electron chi connectivity index (χ2n) is 9.31. The fourth-order valence-corrected chi connectivity index (χ4v) is 4.19. The van der Waals surface area contributed by atoms with E-state index in [2.05, 4.69) is 31.9 Å². The lowest BCUT2D eigenvalue weighted by atomic mass is 9.73. The number of aliphatic hydroxyl groups is 1. The van der Waals surface area contributed by atoms with Gasteiger partial charge >= 0.3 is 0 Å². The Kier molecular flexibility index (Phi) is 5.01. The van der Waals surface area contributed by atoms with E-state index in [-0.39, 0.29) is 29.6 Å². The van der Waals surface area contributed by atoms with E-state index in [9.17, 15) is 5.11 Å². The van der Waals surface area contributed by atoms with Crippen molar-refractivity contribution in [3.63, 3.8) is 0 Å². The second-order valence-corrected chi connectivity index (χ2v) is 9.31. The molecule has 0 amide bonds. The van der Waals surface area contributed by atoms with Crippen LogP contribution in [0.1, 0.15) is 51.9 Å². The molecule has 2 aliphatic rings. The van der Waals surface area contributed by atoms with E-state index in [1.807, 2.05) is 27.7 Å². The molecule has 2 aromatic rings. The van der Waals surface area contributed by atoms with E-state index in [0.717, 1.165) is 32.5 Å². The fraction of sp³-hybridized carbons (Fsp3) is 0.667. The van der Waals surface area contributed by atoms with Crippen LogP contribution < -0.4 is 10.6 Å². The summed E-state index contributed by atoms with van der Waals surface area (Å²) in [5.41, 5.74) is 8.63. The summed E-state index contributed by atoms with van der Waals surface area (Å²) in [5.74, 6) is 6.98. The Morgan fingerprint density at radius 3 is 2.62 bits per heavy atom. The van der Waals surface area contributed by atoms with Gasteiger partial charge < -0.3 is 20.5 Å². The zero-order chi connectivity index (χ0) is 20.8. The summed E-state index contributed by atoms with van der Waals surface area (Å²) in [7, 11) is 0. The van der Waals surface area contributed by atoms with Crippen LogP contribution in [0.5, 0.6) is 0 Å². The summed E-state index contributed by atoms with van der Waals surface area (Å²) in [4.78, 5) is 11.5. The summed E-state index contributed by atoms with van der Waals surface area (Å²) in [6.07, 6.45) is 1.97. The molecule has 0 radical (unpaired) electrons. The SMILES string of the molecule is C[C@@H]1OCC2(CCN(c3nc4n[nH]c(C#CC(C)(C)C)c4nc3CO)CC2)[C@@H]1N. The van der Waals surface area contributed by atoms with Crippen molar-refractivity contribution in [2.24, 2.45) is 16.6 Å². The molecule has 156 valence electrons. The molecule has 0 aromatic carbocycles. The molecule has 2 aliphatic heterocycles. The number of nitrogens with two attached hydrogens (primary N) is 1. The van der Waals surface area contributed by atoms with E-state index in [0.29, 0.717) is 28.4 Å². The van der Waals surface area contributed by atoms with Gasteiger partial charge in [-0.3, -0.25) is 5.10 Å². The number of piperidine rings is 1. The fourth-order valence-electron chi connectivity index (χ4n) is 4.19. The summed E-state index contributed by atoms with van der Waals surface area (Å²) < 4.78 is 5.81. The molecule has 2 atom stereocenters. The van der Waals surface area contributed by atoms with Gasteiger partial charge in [-0.05, 0) is 46.5 Å². The highest BCUT2D eigenvalue weighted by atomic mass is 16.5. The molecular weight excluding hydrogens is 368 g/mol. The Labute approximate surface area is 171 Å². The van der Waals surface area contributed by atoms with Gasteiger partial charge in [0.25, 0.3) is 0 Å². The predicted octanol–water partition coefficient (Wildman–Crippen LogP) is 1.58. The van der Waals surface area contributed by atoms with Crippen molar-refractivity contribution in [3.8, 4) is 11.8 Å². The van der Waals surface area contributed by atoms with Gasteiger partial charge in [-0.25, -0.2) is 9.97 Å². The first kappa shape index (κ1) is 20.1. The average Bonchev–Trinajstić information content (AvgIpc) is 3.21. The van der Waals surface area contributed by atoms with Gasteiger partial charge in [0.1, 0.15) is 16.9 Å². The number of nitrogens with zero attached hydrogens (tertiary/aromatic N) is 4. The number of aromatic amines is 1. The van der Waals surface area contributed by atoms with Crippen molar-refractivity contribution < 1.29 is 9.84 Å². The Balaban J connectivity index is 1.61. The standard InChI is InChI=1S/C21H30N6O2/c1-13-17(22)21(12-29-13)7-9-27(10-8-21)19-15(11-28)23-16-14(5-6-20(2,3)4)25-26-18(16)24-19/h13,17,28H,7-12,22H2,1-4H3,(H,24,25,26)/t13-,17+/m0/s1. The highest BCUT2D eigenvalue weighted by Gasteiger charge is 2.47. The van der Waals surface area contributed by atoms with E-state index in [1.54, 1.807) is 0 Å². The Bertz CT molecular complexity index is 959. The first-order valence-corrected chi connectivity index (χ1v) is 10.2. The topological polar surface area (TPSA) is 113 Å². The third kappa shape index (κ3) is 3.70. The molecule has 1 spiro atoms. The first-order chi connectivity index (χ1) is 13.7. The minimum absolute atomic E-state index is 0.0366. The van der Waals surface area contributed by atoms with Crippen LogP contribution in [0.15, 0.2) is 0 Å². The van der Waals surface area contributed by atoms with Gasteiger partial charge in [-0.15, -0.1) is 0 Å².